The number of carbonyl (C=O) groups excluding carboxylic acids is 2. The first-order valence-corrected chi connectivity index (χ1v) is 5.59. The molecular formula is C11H14N4O3. The molecule has 2 N–H and O–H groups in total. The zero-order valence-electron chi connectivity index (χ0n) is 10.2. The second-order valence-corrected chi connectivity index (χ2v) is 4.58. The van der Waals surface area contributed by atoms with Gasteiger partial charge in [0.1, 0.15) is 11.2 Å². The molecule has 0 radical (unpaired) electrons. The third-order valence-electron chi connectivity index (χ3n) is 2.99. The summed E-state index contributed by atoms with van der Waals surface area (Å²) in [6.45, 7) is 4.17. The Hall–Kier alpha value is -2.18. The van der Waals surface area contributed by atoms with Crippen molar-refractivity contribution in [1.29, 1.82) is 0 Å². The molecule has 1 fully saturated rings. The molecule has 0 aromatic carbocycles. The molecule has 18 heavy (non-hydrogen) atoms. The maximum Gasteiger partial charge on any atom is 0.275 e. The molecule has 1 aliphatic heterocycles. The molecule has 0 atom stereocenters. The predicted octanol–water partition coefficient (Wildman–Crippen LogP) is -0.879. The van der Waals surface area contributed by atoms with E-state index in [1.165, 1.54) is 17.0 Å². The van der Waals surface area contributed by atoms with Gasteiger partial charge in [0.15, 0.2) is 0 Å². The van der Waals surface area contributed by atoms with Gasteiger partial charge < -0.3 is 10.2 Å². The zero-order valence-corrected chi connectivity index (χ0v) is 10.2. The van der Waals surface area contributed by atoms with Gasteiger partial charge in [-0.25, -0.2) is 5.10 Å². The SMILES string of the molecule is CC1(C)C(=O)NCCN1C(=O)c1ccc(=O)[nH]n1. The molecule has 0 unspecified atom stereocenters. The minimum Gasteiger partial charge on any atom is -0.352 e. The number of piperazine rings is 1. The number of rotatable bonds is 1. The van der Waals surface area contributed by atoms with Crippen molar-refractivity contribution in [3.05, 3.63) is 28.2 Å². The van der Waals surface area contributed by atoms with E-state index in [1.54, 1.807) is 13.8 Å². The Kier molecular flexibility index (Phi) is 2.90. The highest BCUT2D eigenvalue weighted by atomic mass is 16.2. The van der Waals surface area contributed by atoms with Crippen LogP contribution in [0.25, 0.3) is 0 Å². The number of hydrogen-bond acceptors (Lipinski definition) is 4. The lowest BCUT2D eigenvalue weighted by atomic mass is 9.98. The number of amides is 2. The standard InChI is InChI=1S/C11H14N4O3/c1-11(2)10(18)12-5-6-15(11)9(17)7-3-4-8(16)14-13-7/h3-4H,5-6H2,1-2H3,(H,12,18)(H,14,16). The van der Waals surface area contributed by atoms with Gasteiger partial charge in [-0.3, -0.25) is 14.4 Å². The molecule has 2 amide bonds. The summed E-state index contributed by atoms with van der Waals surface area (Å²) in [7, 11) is 0. The first-order valence-electron chi connectivity index (χ1n) is 5.59. The maximum absolute atomic E-state index is 12.2. The molecule has 2 rings (SSSR count). The fourth-order valence-corrected chi connectivity index (χ4v) is 1.86. The normalized spacial score (nSPS) is 18.3. The molecule has 96 valence electrons. The van der Waals surface area contributed by atoms with Gasteiger partial charge in [0.05, 0.1) is 0 Å². The van der Waals surface area contributed by atoms with Gasteiger partial charge in [-0.2, -0.15) is 5.10 Å². The van der Waals surface area contributed by atoms with E-state index in [-0.39, 0.29) is 23.1 Å². The summed E-state index contributed by atoms with van der Waals surface area (Å²) in [5, 5.41) is 8.60. The van der Waals surface area contributed by atoms with E-state index in [9.17, 15) is 14.4 Å². The number of nitrogens with one attached hydrogen (secondary N) is 2. The molecule has 1 saturated heterocycles. The van der Waals surface area contributed by atoms with Crippen LogP contribution in [0.5, 0.6) is 0 Å². The molecule has 0 spiro atoms. The quantitative estimate of drug-likeness (QED) is 0.676. The molecule has 1 aromatic rings. The molecule has 0 saturated carbocycles. The minimum absolute atomic E-state index is 0.123. The minimum atomic E-state index is -0.923. The van der Waals surface area contributed by atoms with Crippen molar-refractivity contribution >= 4 is 11.8 Å². The van der Waals surface area contributed by atoms with Crippen LogP contribution >= 0.6 is 0 Å². The summed E-state index contributed by atoms with van der Waals surface area (Å²) in [4.78, 5) is 36.3. The zero-order chi connectivity index (χ0) is 13.3. The highest BCUT2D eigenvalue weighted by molar-refractivity contribution is 5.98. The fraction of sp³-hybridized carbons (Fsp3) is 0.455. The average molecular weight is 250 g/mol. The van der Waals surface area contributed by atoms with Crippen molar-refractivity contribution in [2.45, 2.75) is 19.4 Å². The predicted molar refractivity (Wildman–Crippen MR) is 63.0 cm³/mol. The fourth-order valence-electron chi connectivity index (χ4n) is 1.86. The lowest BCUT2D eigenvalue weighted by molar-refractivity contribution is -0.133. The van der Waals surface area contributed by atoms with Crippen molar-refractivity contribution in [3.8, 4) is 0 Å². The Morgan fingerprint density at radius 3 is 2.72 bits per heavy atom. The highest BCUT2D eigenvalue weighted by Crippen LogP contribution is 2.19. The molecule has 2 heterocycles. The van der Waals surface area contributed by atoms with E-state index in [1.807, 2.05) is 0 Å². The van der Waals surface area contributed by atoms with Gasteiger partial charge in [0.25, 0.3) is 11.5 Å². The monoisotopic (exact) mass is 250 g/mol. The summed E-state index contributed by atoms with van der Waals surface area (Å²) < 4.78 is 0. The van der Waals surface area contributed by atoms with Crippen molar-refractivity contribution in [2.24, 2.45) is 0 Å². The van der Waals surface area contributed by atoms with Crippen LogP contribution in [-0.4, -0.2) is 45.5 Å². The lowest BCUT2D eigenvalue weighted by Crippen LogP contribution is -2.63. The van der Waals surface area contributed by atoms with Gasteiger partial charge in [0.2, 0.25) is 5.91 Å². The topological polar surface area (TPSA) is 95.2 Å². The third-order valence-corrected chi connectivity index (χ3v) is 2.99. The number of carbonyl (C=O) groups is 2. The average Bonchev–Trinajstić information content (AvgIpc) is 2.33. The summed E-state index contributed by atoms with van der Waals surface area (Å²) in [5.41, 5.74) is -1.17. The Bertz CT molecular complexity index is 529. The Balaban J connectivity index is 2.30. The molecule has 1 aliphatic rings. The van der Waals surface area contributed by atoms with Crippen LogP contribution in [0.2, 0.25) is 0 Å². The molecule has 1 aromatic heterocycles. The summed E-state index contributed by atoms with van der Waals surface area (Å²) in [6.07, 6.45) is 0. The largest absolute Gasteiger partial charge is 0.352 e. The van der Waals surface area contributed by atoms with Gasteiger partial charge >= 0.3 is 0 Å². The van der Waals surface area contributed by atoms with Gasteiger partial charge in [-0.05, 0) is 19.9 Å². The first kappa shape index (κ1) is 12.3. The van der Waals surface area contributed by atoms with Crippen LogP contribution in [-0.2, 0) is 4.79 Å². The number of nitrogens with zero attached hydrogens (tertiary/aromatic N) is 2. The van der Waals surface area contributed by atoms with Crippen molar-refractivity contribution in [2.75, 3.05) is 13.1 Å². The Labute approximate surface area is 103 Å². The van der Waals surface area contributed by atoms with E-state index in [4.69, 9.17) is 0 Å². The Morgan fingerprint density at radius 2 is 2.11 bits per heavy atom. The number of hydrogen-bond donors (Lipinski definition) is 2. The van der Waals surface area contributed by atoms with E-state index >= 15 is 0 Å². The molecular weight excluding hydrogens is 236 g/mol. The van der Waals surface area contributed by atoms with Crippen molar-refractivity contribution in [1.82, 2.24) is 20.4 Å². The lowest BCUT2D eigenvalue weighted by Gasteiger charge is -2.40. The van der Waals surface area contributed by atoms with E-state index in [0.717, 1.165) is 0 Å². The second-order valence-electron chi connectivity index (χ2n) is 4.58. The van der Waals surface area contributed by atoms with Gasteiger partial charge in [0, 0.05) is 19.2 Å². The van der Waals surface area contributed by atoms with E-state index in [0.29, 0.717) is 13.1 Å². The first-order chi connectivity index (χ1) is 8.43. The van der Waals surface area contributed by atoms with Crippen molar-refractivity contribution < 1.29 is 9.59 Å². The second kappa shape index (κ2) is 4.25. The van der Waals surface area contributed by atoms with Gasteiger partial charge in [-0.1, -0.05) is 0 Å². The summed E-state index contributed by atoms with van der Waals surface area (Å²) >= 11 is 0. The molecule has 7 heteroatoms. The van der Waals surface area contributed by atoms with Crippen LogP contribution in [0.3, 0.4) is 0 Å². The molecule has 7 nitrogen and oxygen atoms in total. The van der Waals surface area contributed by atoms with Crippen LogP contribution in [0, 0.1) is 0 Å². The molecule has 0 aliphatic carbocycles. The number of aromatic nitrogens is 2. The van der Waals surface area contributed by atoms with Crippen LogP contribution < -0.4 is 10.9 Å². The third kappa shape index (κ3) is 1.99. The van der Waals surface area contributed by atoms with Crippen LogP contribution in [0.15, 0.2) is 16.9 Å². The van der Waals surface area contributed by atoms with E-state index in [2.05, 4.69) is 15.5 Å². The van der Waals surface area contributed by atoms with Gasteiger partial charge in [-0.15, -0.1) is 0 Å². The van der Waals surface area contributed by atoms with E-state index < -0.39 is 5.54 Å². The number of H-pyrrole nitrogens is 1. The Morgan fingerprint density at radius 1 is 1.39 bits per heavy atom. The smallest absolute Gasteiger partial charge is 0.275 e. The van der Waals surface area contributed by atoms with Crippen LogP contribution in [0.1, 0.15) is 24.3 Å². The summed E-state index contributed by atoms with van der Waals surface area (Å²) in [6, 6.07) is 2.58. The van der Waals surface area contributed by atoms with Crippen LogP contribution in [0.4, 0.5) is 0 Å². The van der Waals surface area contributed by atoms with Crippen molar-refractivity contribution in [3.63, 3.8) is 0 Å². The highest BCUT2D eigenvalue weighted by Gasteiger charge is 2.41. The maximum atomic E-state index is 12.2. The molecule has 0 bridgehead atoms. The summed E-state index contributed by atoms with van der Waals surface area (Å²) in [5.74, 6) is -0.572. The number of aromatic amines is 1.